The highest BCUT2D eigenvalue weighted by Gasteiger charge is 1.99. The Kier molecular flexibility index (Phi) is 6.05. The van der Waals surface area contributed by atoms with Crippen molar-refractivity contribution in [3.8, 4) is 5.75 Å². The third kappa shape index (κ3) is 5.08. The van der Waals surface area contributed by atoms with Crippen molar-refractivity contribution in [2.75, 3.05) is 19.7 Å². The number of amides is 2. The average Bonchev–Trinajstić information content (AvgIpc) is 2.36. The van der Waals surface area contributed by atoms with Gasteiger partial charge in [0.05, 0.1) is 6.54 Å². The summed E-state index contributed by atoms with van der Waals surface area (Å²) in [6.07, 6.45) is 0.937. The van der Waals surface area contributed by atoms with E-state index in [1.165, 1.54) is 11.1 Å². The largest absolute Gasteiger partial charge is 0.492 e. The highest BCUT2D eigenvalue weighted by Crippen LogP contribution is 2.15. The Labute approximate surface area is 109 Å². The number of aryl methyl sites for hydroxylation is 2. The van der Waals surface area contributed by atoms with Gasteiger partial charge in [-0.05, 0) is 43.5 Å². The van der Waals surface area contributed by atoms with Gasteiger partial charge in [-0.1, -0.05) is 13.0 Å². The lowest BCUT2D eigenvalue weighted by Gasteiger charge is -2.09. The van der Waals surface area contributed by atoms with Gasteiger partial charge in [0.15, 0.2) is 0 Å². The molecule has 0 aliphatic carbocycles. The van der Waals surface area contributed by atoms with Crippen LogP contribution in [0.3, 0.4) is 0 Å². The fraction of sp³-hybridized carbons (Fsp3) is 0.500. The second kappa shape index (κ2) is 7.58. The molecular formula is C14H22N2O2. The van der Waals surface area contributed by atoms with E-state index in [-0.39, 0.29) is 6.03 Å². The van der Waals surface area contributed by atoms with Crippen molar-refractivity contribution in [2.45, 2.75) is 27.2 Å². The molecule has 0 heterocycles. The topological polar surface area (TPSA) is 50.4 Å². The van der Waals surface area contributed by atoms with E-state index in [9.17, 15) is 4.79 Å². The average molecular weight is 250 g/mol. The van der Waals surface area contributed by atoms with Crippen LogP contribution in [0.15, 0.2) is 18.2 Å². The molecule has 0 saturated heterocycles. The molecular weight excluding hydrogens is 228 g/mol. The number of nitrogens with one attached hydrogen (secondary N) is 2. The summed E-state index contributed by atoms with van der Waals surface area (Å²) in [4.78, 5) is 11.2. The molecule has 1 rings (SSSR count). The maximum atomic E-state index is 11.2. The van der Waals surface area contributed by atoms with Crippen LogP contribution < -0.4 is 15.4 Å². The number of ether oxygens (including phenoxy) is 1. The number of hydrogen-bond acceptors (Lipinski definition) is 2. The molecule has 0 spiro atoms. The highest BCUT2D eigenvalue weighted by atomic mass is 16.5. The van der Waals surface area contributed by atoms with Gasteiger partial charge in [0.1, 0.15) is 12.4 Å². The van der Waals surface area contributed by atoms with Gasteiger partial charge in [-0.2, -0.15) is 0 Å². The van der Waals surface area contributed by atoms with Gasteiger partial charge in [-0.15, -0.1) is 0 Å². The number of carbonyl (C=O) groups is 1. The van der Waals surface area contributed by atoms with Crippen LogP contribution >= 0.6 is 0 Å². The molecule has 0 unspecified atom stereocenters. The molecule has 4 heteroatoms. The first-order chi connectivity index (χ1) is 8.63. The van der Waals surface area contributed by atoms with Crippen LogP contribution in [0.1, 0.15) is 24.5 Å². The number of hydrogen-bond donors (Lipinski definition) is 2. The first-order valence-corrected chi connectivity index (χ1v) is 6.35. The standard InChI is InChI=1S/C14H22N2O2/c1-4-7-15-14(17)16-8-9-18-13-6-5-11(2)12(3)10-13/h5-6,10H,4,7-9H2,1-3H3,(H2,15,16,17). The predicted molar refractivity (Wildman–Crippen MR) is 73.1 cm³/mol. The van der Waals surface area contributed by atoms with Gasteiger partial charge < -0.3 is 15.4 Å². The Morgan fingerprint density at radius 1 is 1.17 bits per heavy atom. The van der Waals surface area contributed by atoms with Crippen molar-refractivity contribution >= 4 is 6.03 Å². The highest BCUT2D eigenvalue weighted by molar-refractivity contribution is 5.73. The number of carbonyl (C=O) groups excluding carboxylic acids is 1. The van der Waals surface area contributed by atoms with E-state index in [1.54, 1.807) is 0 Å². The molecule has 18 heavy (non-hydrogen) atoms. The zero-order valence-corrected chi connectivity index (χ0v) is 11.4. The lowest BCUT2D eigenvalue weighted by molar-refractivity contribution is 0.236. The van der Waals surface area contributed by atoms with Crippen molar-refractivity contribution in [1.82, 2.24) is 10.6 Å². The second-order valence-corrected chi connectivity index (χ2v) is 4.28. The molecule has 2 amide bonds. The smallest absolute Gasteiger partial charge is 0.314 e. The molecule has 100 valence electrons. The van der Waals surface area contributed by atoms with E-state index in [4.69, 9.17) is 4.74 Å². The Bertz CT molecular complexity index is 391. The Balaban J connectivity index is 2.21. The van der Waals surface area contributed by atoms with Gasteiger partial charge in [0.25, 0.3) is 0 Å². The van der Waals surface area contributed by atoms with Crippen molar-refractivity contribution in [1.29, 1.82) is 0 Å². The summed E-state index contributed by atoms with van der Waals surface area (Å²) in [6.45, 7) is 7.81. The monoisotopic (exact) mass is 250 g/mol. The van der Waals surface area contributed by atoms with Gasteiger partial charge >= 0.3 is 6.03 Å². The first kappa shape index (κ1) is 14.4. The molecule has 4 nitrogen and oxygen atoms in total. The van der Waals surface area contributed by atoms with E-state index in [1.807, 2.05) is 25.1 Å². The molecule has 0 fully saturated rings. The lowest BCUT2D eigenvalue weighted by atomic mass is 10.1. The molecule has 0 atom stereocenters. The van der Waals surface area contributed by atoms with Crippen LogP contribution in [0, 0.1) is 13.8 Å². The summed E-state index contributed by atoms with van der Waals surface area (Å²) in [5.74, 6) is 0.842. The summed E-state index contributed by atoms with van der Waals surface area (Å²) < 4.78 is 5.55. The molecule has 0 radical (unpaired) electrons. The van der Waals surface area contributed by atoms with Crippen molar-refractivity contribution in [3.05, 3.63) is 29.3 Å². The van der Waals surface area contributed by atoms with Gasteiger partial charge in [0, 0.05) is 6.54 Å². The van der Waals surface area contributed by atoms with E-state index in [0.29, 0.717) is 19.7 Å². The molecule has 1 aromatic rings. The summed E-state index contributed by atoms with van der Waals surface area (Å²) in [5, 5.41) is 5.48. The van der Waals surface area contributed by atoms with Crippen molar-refractivity contribution < 1.29 is 9.53 Å². The fourth-order valence-electron chi connectivity index (χ4n) is 1.44. The number of rotatable bonds is 6. The lowest BCUT2D eigenvalue weighted by Crippen LogP contribution is -2.37. The molecule has 1 aromatic carbocycles. The summed E-state index contributed by atoms with van der Waals surface area (Å²) in [5.41, 5.74) is 2.46. The zero-order valence-electron chi connectivity index (χ0n) is 11.4. The maximum absolute atomic E-state index is 11.2. The van der Waals surface area contributed by atoms with Crippen LogP contribution in [-0.2, 0) is 0 Å². The van der Waals surface area contributed by atoms with Crippen LogP contribution in [0.4, 0.5) is 4.79 Å². The van der Waals surface area contributed by atoms with Gasteiger partial charge in [-0.3, -0.25) is 0 Å². The Morgan fingerprint density at radius 3 is 2.56 bits per heavy atom. The minimum absolute atomic E-state index is 0.138. The molecule has 0 aliphatic heterocycles. The quantitative estimate of drug-likeness (QED) is 0.762. The molecule has 0 aliphatic rings. The van der Waals surface area contributed by atoms with Crippen LogP contribution in [0.5, 0.6) is 5.75 Å². The second-order valence-electron chi connectivity index (χ2n) is 4.28. The Morgan fingerprint density at radius 2 is 1.89 bits per heavy atom. The molecule has 0 bridgehead atoms. The van der Waals surface area contributed by atoms with Crippen LogP contribution in [0.2, 0.25) is 0 Å². The van der Waals surface area contributed by atoms with Crippen molar-refractivity contribution in [2.24, 2.45) is 0 Å². The van der Waals surface area contributed by atoms with Gasteiger partial charge in [0.2, 0.25) is 0 Å². The minimum Gasteiger partial charge on any atom is -0.492 e. The predicted octanol–water partition coefficient (Wildman–Crippen LogP) is 2.39. The van der Waals surface area contributed by atoms with E-state index in [0.717, 1.165) is 12.2 Å². The van der Waals surface area contributed by atoms with Crippen LogP contribution in [-0.4, -0.2) is 25.7 Å². The SMILES string of the molecule is CCCNC(=O)NCCOc1ccc(C)c(C)c1. The summed E-state index contributed by atoms with van der Waals surface area (Å²) in [7, 11) is 0. The normalized spacial score (nSPS) is 9.94. The first-order valence-electron chi connectivity index (χ1n) is 6.35. The number of benzene rings is 1. The fourth-order valence-corrected chi connectivity index (χ4v) is 1.44. The van der Waals surface area contributed by atoms with Crippen molar-refractivity contribution in [3.63, 3.8) is 0 Å². The molecule has 2 N–H and O–H groups in total. The third-order valence-electron chi connectivity index (χ3n) is 2.67. The van der Waals surface area contributed by atoms with Crippen LogP contribution in [0.25, 0.3) is 0 Å². The Hall–Kier alpha value is -1.71. The molecule has 0 saturated carbocycles. The maximum Gasteiger partial charge on any atom is 0.314 e. The number of urea groups is 1. The van der Waals surface area contributed by atoms with E-state index in [2.05, 4.69) is 24.5 Å². The summed E-state index contributed by atoms with van der Waals surface area (Å²) >= 11 is 0. The third-order valence-corrected chi connectivity index (χ3v) is 2.67. The molecule has 0 aromatic heterocycles. The van der Waals surface area contributed by atoms with E-state index >= 15 is 0 Å². The zero-order chi connectivity index (χ0) is 13.4. The van der Waals surface area contributed by atoms with Gasteiger partial charge in [-0.25, -0.2) is 4.79 Å². The summed E-state index contributed by atoms with van der Waals surface area (Å²) in [6, 6.07) is 5.85. The van der Waals surface area contributed by atoms with E-state index < -0.39 is 0 Å². The minimum atomic E-state index is -0.138.